The Morgan fingerprint density at radius 1 is 0.781 bits per heavy atom. The van der Waals surface area contributed by atoms with Gasteiger partial charge in [-0.2, -0.15) is 0 Å². The first kappa shape index (κ1) is 69.1. The van der Waals surface area contributed by atoms with Gasteiger partial charge in [0.05, 0.1) is 41.1 Å². The number of hydrogen-bond donors (Lipinski definition) is 11. The van der Waals surface area contributed by atoms with Gasteiger partial charge < -0.3 is 78.3 Å². The van der Waals surface area contributed by atoms with Gasteiger partial charge in [-0.25, -0.2) is 28.6 Å². The molecule has 14 N–H and O–H groups in total. The van der Waals surface area contributed by atoms with Crippen molar-refractivity contribution in [2.75, 3.05) is 31.6 Å². The molecule has 4 heterocycles. The number of hydrogen-bond acceptors (Lipinski definition) is 16. The maximum absolute atomic E-state index is 15.6. The molecule has 4 aliphatic rings. The van der Waals surface area contributed by atoms with Crippen LogP contribution in [0.15, 0.2) is 89.7 Å². The molecule has 2 aliphatic heterocycles. The van der Waals surface area contributed by atoms with Crippen molar-refractivity contribution >= 4 is 64.4 Å². The summed E-state index contributed by atoms with van der Waals surface area (Å²) in [5.41, 5.74) is 23.0. The normalized spacial score (nSPS) is 16.8. The summed E-state index contributed by atoms with van der Waals surface area (Å²) in [4.78, 5) is 127. The van der Waals surface area contributed by atoms with E-state index < -0.39 is 95.0 Å². The topological polar surface area (TPSA) is 382 Å². The van der Waals surface area contributed by atoms with Crippen molar-refractivity contribution in [3.8, 4) is 22.5 Å². The van der Waals surface area contributed by atoms with E-state index in [-0.39, 0.29) is 88.1 Å². The summed E-state index contributed by atoms with van der Waals surface area (Å²) in [6, 6.07) is 19.2. The van der Waals surface area contributed by atoms with Crippen LogP contribution in [0.1, 0.15) is 147 Å². The summed E-state index contributed by atoms with van der Waals surface area (Å²) >= 11 is 0. The molecule has 8 amide bonds. The third-order valence-corrected chi connectivity index (χ3v) is 18.6. The molecule has 0 saturated heterocycles. The van der Waals surface area contributed by atoms with E-state index in [1.807, 2.05) is 48.5 Å². The second-order valence-electron chi connectivity index (χ2n) is 25.2. The van der Waals surface area contributed by atoms with Crippen LogP contribution in [-0.2, 0) is 70.0 Å². The van der Waals surface area contributed by atoms with Crippen molar-refractivity contribution in [3.05, 3.63) is 151 Å². The van der Waals surface area contributed by atoms with Crippen LogP contribution in [0.5, 0.6) is 0 Å². The number of pyridine rings is 2. The number of ether oxygens (including phenoxy) is 3. The maximum Gasteiger partial charge on any atom is 0.407 e. The molecular formula is C70H83FN12O13. The quantitative estimate of drug-likeness (QED) is 0.0150. The number of unbranched alkanes of at least 4 members (excludes halogenated alkanes) is 2. The Kier molecular flexibility index (Phi) is 21.8. The van der Waals surface area contributed by atoms with Crippen LogP contribution in [0.4, 0.5) is 24.5 Å². The van der Waals surface area contributed by atoms with Crippen molar-refractivity contribution in [1.29, 1.82) is 0 Å². The van der Waals surface area contributed by atoms with Gasteiger partial charge in [0.25, 0.3) is 5.56 Å². The first-order valence-electron chi connectivity index (χ1n) is 32.7. The molecule has 2 aromatic heterocycles. The van der Waals surface area contributed by atoms with E-state index in [4.69, 9.17) is 36.4 Å². The highest BCUT2D eigenvalue weighted by Gasteiger charge is 2.46. The van der Waals surface area contributed by atoms with E-state index in [1.165, 1.54) is 10.6 Å². The summed E-state index contributed by atoms with van der Waals surface area (Å²) in [7, 11) is 0. The number of urea groups is 1. The number of carbonyl (C=O) groups excluding carboxylic acids is 8. The van der Waals surface area contributed by atoms with Gasteiger partial charge in [-0.15, -0.1) is 0 Å². The van der Waals surface area contributed by atoms with Crippen LogP contribution >= 0.6 is 0 Å². The van der Waals surface area contributed by atoms with E-state index in [9.17, 15) is 48.3 Å². The molecule has 0 bridgehead atoms. The second kappa shape index (κ2) is 30.3. The lowest BCUT2D eigenvalue weighted by atomic mass is 9.81. The number of carbonyl (C=O) groups is 8. The van der Waals surface area contributed by atoms with Crippen molar-refractivity contribution in [3.63, 3.8) is 0 Å². The predicted octanol–water partition coefficient (Wildman–Crippen LogP) is 6.10. The van der Waals surface area contributed by atoms with E-state index >= 15 is 4.39 Å². The smallest absolute Gasteiger partial charge is 0.407 e. The van der Waals surface area contributed by atoms with Gasteiger partial charge in [0.2, 0.25) is 23.6 Å². The van der Waals surface area contributed by atoms with Crippen molar-refractivity contribution in [2.45, 2.75) is 160 Å². The molecule has 25 nitrogen and oxygen atoms in total. The van der Waals surface area contributed by atoms with Gasteiger partial charge in [0.1, 0.15) is 43.8 Å². The highest BCUT2D eigenvalue weighted by Crippen LogP contribution is 2.47. The lowest BCUT2D eigenvalue weighted by Gasteiger charge is -2.31. The summed E-state index contributed by atoms with van der Waals surface area (Å²) in [6.45, 7) is 7.01. The average molecular weight is 1320 g/mol. The number of primary amides is 1. The van der Waals surface area contributed by atoms with Crippen LogP contribution in [0.2, 0.25) is 0 Å². The molecule has 96 heavy (non-hydrogen) atoms. The number of nitrogens with two attached hydrogens (primary N) is 3. The molecule has 26 heteroatoms. The van der Waals surface area contributed by atoms with Gasteiger partial charge in [-0.1, -0.05) is 87.9 Å². The molecule has 508 valence electrons. The SMILES string of the molecule is CC[C@@]1(O)C(=O)OCc2c1cc1n(c2=O)Cc2c-1nc1cc(F)c(C)c3c1c2[C@@H](NC(=O)OCc1ccc(NC(=O)[C@H](CCCNC(N)=O)NC(=O)[C@@H](NC(=O)[C@H](CCCCNC(=O)C(N)CCCCN)NC(=O)OCC2c4ccccc4-c4ccccc42)C(C)C)cc1)CC3. The minimum atomic E-state index is -2.06. The molecule has 2 aliphatic carbocycles. The largest absolute Gasteiger partial charge is 0.458 e. The average Bonchev–Trinajstić information content (AvgIpc) is 1.48. The number of nitrogens with zero attached hydrogens (tertiary/aromatic N) is 2. The fourth-order valence-corrected chi connectivity index (χ4v) is 13.3. The van der Waals surface area contributed by atoms with Gasteiger partial charge >= 0.3 is 24.2 Å². The number of cyclic esters (lactones) is 1. The lowest BCUT2D eigenvalue weighted by Crippen LogP contribution is -2.58. The number of nitrogens with one attached hydrogen (secondary N) is 7. The van der Waals surface area contributed by atoms with Crippen LogP contribution in [0.3, 0.4) is 0 Å². The zero-order valence-corrected chi connectivity index (χ0v) is 54.2. The van der Waals surface area contributed by atoms with Crippen molar-refractivity contribution < 1.29 is 62.1 Å². The fraction of sp³-hybridized carbons (Fsp3) is 0.429. The summed E-state index contributed by atoms with van der Waals surface area (Å²) in [5, 5.41) is 31.5. The van der Waals surface area contributed by atoms with E-state index in [1.54, 1.807) is 58.0 Å². The number of anilines is 1. The highest BCUT2D eigenvalue weighted by molar-refractivity contribution is 5.99. The minimum Gasteiger partial charge on any atom is -0.458 e. The Labute approximate surface area is 553 Å². The van der Waals surface area contributed by atoms with Crippen LogP contribution in [-0.4, -0.2) is 113 Å². The number of halogens is 1. The fourth-order valence-electron chi connectivity index (χ4n) is 13.3. The predicted molar refractivity (Wildman–Crippen MR) is 354 cm³/mol. The number of aliphatic hydroxyl groups is 1. The number of benzene rings is 4. The molecular weight excluding hydrogens is 1240 g/mol. The third kappa shape index (κ3) is 15.0. The van der Waals surface area contributed by atoms with Crippen LogP contribution < -0.4 is 60.0 Å². The Morgan fingerprint density at radius 2 is 1.46 bits per heavy atom. The Bertz CT molecular complexity index is 4000. The number of fused-ring (bicyclic) bond motifs is 8. The molecule has 0 spiro atoms. The van der Waals surface area contributed by atoms with Crippen molar-refractivity contribution in [1.82, 2.24) is 41.5 Å². The number of rotatable bonds is 28. The molecule has 10 rings (SSSR count). The molecule has 6 atom stereocenters. The van der Waals surface area contributed by atoms with Gasteiger partial charge in [0, 0.05) is 47.3 Å². The Morgan fingerprint density at radius 3 is 2.15 bits per heavy atom. The first-order chi connectivity index (χ1) is 46.1. The zero-order valence-electron chi connectivity index (χ0n) is 54.2. The van der Waals surface area contributed by atoms with E-state index in [0.717, 1.165) is 34.2 Å². The highest BCUT2D eigenvalue weighted by atomic mass is 19.1. The molecule has 1 unspecified atom stereocenters. The summed E-state index contributed by atoms with van der Waals surface area (Å²) < 4.78 is 33.9. The monoisotopic (exact) mass is 1320 g/mol. The summed E-state index contributed by atoms with van der Waals surface area (Å²) in [5.74, 6) is -4.50. The minimum absolute atomic E-state index is 0.0177. The van der Waals surface area contributed by atoms with Gasteiger partial charge in [-0.05, 0) is 146 Å². The molecule has 0 radical (unpaired) electrons. The van der Waals surface area contributed by atoms with E-state index in [0.29, 0.717) is 95.3 Å². The zero-order chi connectivity index (χ0) is 68.5. The summed E-state index contributed by atoms with van der Waals surface area (Å²) in [6.07, 6.45) is 2.06. The number of amides is 8. The number of aromatic nitrogens is 2. The molecule has 4 aromatic carbocycles. The van der Waals surface area contributed by atoms with Gasteiger partial charge in [-0.3, -0.25) is 24.0 Å². The second-order valence-corrected chi connectivity index (χ2v) is 25.2. The number of aryl methyl sites for hydroxylation is 1. The van der Waals surface area contributed by atoms with Crippen LogP contribution in [0, 0.1) is 18.7 Å². The number of esters is 1. The molecule has 0 fully saturated rings. The van der Waals surface area contributed by atoms with E-state index in [2.05, 4.69) is 37.2 Å². The Balaban J connectivity index is 0.784. The first-order valence-corrected chi connectivity index (χ1v) is 32.7. The lowest BCUT2D eigenvalue weighted by molar-refractivity contribution is -0.172. The maximum atomic E-state index is 15.6. The molecule has 0 saturated carbocycles. The van der Waals surface area contributed by atoms with Crippen LogP contribution in [0.25, 0.3) is 33.4 Å². The molecule has 6 aromatic rings. The standard InChI is InChI=1S/C70H83FN12O13/c1-5-70(93)49-31-56-60-46(33-83(56)65(88)48(49)36-94-66(70)89)58-52(27-26-41-38(4)50(71)32-55(78-60)57(41)58)80-68(91)95-34-39-22-24-40(25-23-39)77-62(85)53(21-14-30-76-67(74)90)79-64(87)59(37(2)3)82-63(86)54(20-11-13-29-75-61(84)51(73)19-10-12-28-72)81-69(92)96-35-47-44-17-8-6-15-42(44)43-16-7-9-18-45(43)47/h6-9,15-18,22-25,31-32,37,47,51-54,59,93H,5,10-14,19-21,26-30,33-36,72-73H2,1-4H3,(H,75,84)(H,77,85)(H,79,87)(H,80,91)(H,81,92)(H,82,86)(H3,74,76,90)/t51?,52-,53-,54-,59-,70-/m0/s1. The third-order valence-electron chi connectivity index (χ3n) is 18.6. The Hall–Kier alpha value is -9.79. The van der Waals surface area contributed by atoms with Gasteiger partial charge in [0.15, 0.2) is 5.60 Å². The van der Waals surface area contributed by atoms with Crippen molar-refractivity contribution in [2.24, 2.45) is 23.1 Å². The number of alkyl carbamates (subject to hydrolysis) is 2.